The molecule has 2 heteroatoms. The van der Waals surface area contributed by atoms with E-state index < -0.39 is 5.67 Å². The van der Waals surface area contributed by atoms with Gasteiger partial charge in [-0.2, -0.15) is 0 Å². The van der Waals surface area contributed by atoms with Gasteiger partial charge in [0.2, 0.25) is 0 Å². The lowest BCUT2D eigenvalue weighted by molar-refractivity contribution is 0.179. The summed E-state index contributed by atoms with van der Waals surface area (Å²) in [6, 6.07) is 0. The van der Waals surface area contributed by atoms with E-state index in [2.05, 4.69) is 5.32 Å². The highest BCUT2D eigenvalue weighted by atomic mass is 19.1. The lowest BCUT2D eigenvalue weighted by atomic mass is 10.1. The molecule has 0 aromatic rings. The molecule has 0 bridgehead atoms. The summed E-state index contributed by atoms with van der Waals surface area (Å²) in [4.78, 5) is 0. The lowest BCUT2D eigenvalue weighted by Gasteiger charge is -2.17. The molecule has 1 atom stereocenters. The van der Waals surface area contributed by atoms with E-state index in [0.29, 0.717) is 13.0 Å². The summed E-state index contributed by atoms with van der Waals surface area (Å²) in [6.45, 7) is 6.78. The summed E-state index contributed by atoms with van der Waals surface area (Å²) in [6.07, 6.45) is 0.583. The van der Waals surface area contributed by atoms with Crippen LogP contribution in [-0.2, 0) is 0 Å². The molecule has 0 radical (unpaired) electrons. The first-order valence-electron chi connectivity index (χ1n) is 3.52. The number of hydrogen-bond acceptors (Lipinski definition) is 1. The predicted molar refractivity (Wildman–Crippen MR) is 38.3 cm³/mol. The van der Waals surface area contributed by atoms with Crippen LogP contribution in [0.4, 0.5) is 4.39 Å². The van der Waals surface area contributed by atoms with Crippen molar-refractivity contribution in [3.8, 4) is 0 Å². The van der Waals surface area contributed by atoms with Gasteiger partial charge in [-0.05, 0) is 19.9 Å². The summed E-state index contributed by atoms with van der Waals surface area (Å²) in [5, 5.41) is 2.96. The smallest absolute Gasteiger partial charge is 0.120 e. The third-order valence-electron chi connectivity index (χ3n) is 1.48. The zero-order chi connectivity index (χ0) is 7.33. The van der Waals surface area contributed by atoms with Crippen molar-refractivity contribution in [2.45, 2.75) is 32.9 Å². The third kappa shape index (κ3) is 4.40. The molecule has 0 amide bonds. The van der Waals surface area contributed by atoms with Crippen molar-refractivity contribution in [2.24, 2.45) is 0 Å². The minimum Gasteiger partial charge on any atom is -0.314 e. The van der Waals surface area contributed by atoms with Gasteiger partial charge in [-0.1, -0.05) is 13.8 Å². The van der Waals surface area contributed by atoms with Gasteiger partial charge in [0.15, 0.2) is 0 Å². The van der Waals surface area contributed by atoms with Gasteiger partial charge in [0.05, 0.1) is 0 Å². The maximum Gasteiger partial charge on any atom is 0.120 e. The SMILES string of the molecule is CCNCC(C)(F)CC. The van der Waals surface area contributed by atoms with Gasteiger partial charge < -0.3 is 5.32 Å². The molecule has 1 unspecified atom stereocenters. The number of hydrogen-bond donors (Lipinski definition) is 1. The van der Waals surface area contributed by atoms with Crippen molar-refractivity contribution in [1.82, 2.24) is 5.32 Å². The van der Waals surface area contributed by atoms with Gasteiger partial charge in [-0.15, -0.1) is 0 Å². The van der Waals surface area contributed by atoms with Crippen LogP contribution in [0.5, 0.6) is 0 Å². The molecule has 0 aromatic carbocycles. The van der Waals surface area contributed by atoms with Crippen molar-refractivity contribution in [3.05, 3.63) is 0 Å². The van der Waals surface area contributed by atoms with Crippen LogP contribution >= 0.6 is 0 Å². The van der Waals surface area contributed by atoms with E-state index >= 15 is 0 Å². The average Bonchev–Trinajstić information content (AvgIpc) is 1.84. The second kappa shape index (κ2) is 3.83. The Kier molecular flexibility index (Phi) is 3.78. The Hall–Kier alpha value is -0.110. The molecular formula is C7H16FN. The van der Waals surface area contributed by atoms with Gasteiger partial charge in [-0.25, -0.2) is 4.39 Å². The van der Waals surface area contributed by atoms with E-state index in [4.69, 9.17) is 0 Å². The summed E-state index contributed by atoms with van der Waals surface area (Å²) in [5.74, 6) is 0. The molecule has 0 aromatic heterocycles. The molecule has 0 spiro atoms. The molecule has 0 aliphatic heterocycles. The topological polar surface area (TPSA) is 12.0 Å². The quantitative estimate of drug-likeness (QED) is 0.616. The van der Waals surface area contributed by atoms with Crippen molar-refractivity contribution >= 4 is 0 Å². The van der Waals surface area contributed by atoms with Gasteiger partial charge in [0.25, 0.3) is 0 Å². The zero-order valence-corrected chi connectivity index (χ0v) is 6.50. The molecule has 9 heavy (non-hydrogen) atoms. The number of halogens is 1. The molecule has 56 valence electrons. The molecule has 0 aliphatic rings. The minimum absolute atomic E-state index is 0.472. The first-order valence-corrected chi connectivity index (χ1v) is 3.52. The molecular weight excluding hydrogens is 117 g/mol. The minimum atomic E-state index is -1.02. The fourth-order valence-electron chi connectivity index (χ4n) is 0.511. The first kappa shape index (κ1) is 8.89. The Morgan fingerprint density at radius 3 is 2.33 bits per heavy atom. The highest BCUT2D eigenvalue weighted by molar-refractivity contribution is 4.72. The van der Waals surface area contributed by atoms with Crippen LogP contribution in [0.15, 0.2) is 0 Å². The van der Waals surface area contributed by atoms with Gasteiger partial charge in [-0.3, -0.25) is 0 Å². The first-order chi connectivity index (χ1) is 4.12. The average molecular weight is 133 g/mol. The second-order valence-corrected chi connectivity index (χ2v) is 2.55. The number of nitrogens with one attached hydrogen (secondary N) is 1. The van der Waals surface area contributed by atoms with Crippen molar-refractivity contribution < 1.29 is 4.39 Å². The van der Waals surface area contributed by atoms with Crippen LogP contribution < -0.4 is 5.32 Å². The van der Waals surface area contributed by atoms with Crippen LogP contribution in [0.3, 0.4) is 0 Å². The lowest BCUT2D eigenvalue weighted by Crippen LogP contribution is -2.32. The second-order valence-electron chi connectivity index (χ2n) is 2.55. The fraction of sp³-hybridized carbons (Fsp3) is 1.00. The summed E-state index contributed by atoms with van der Waals surface area (Å²) in [7, 11) is 0. The normalized spacial score (nSPS) is 17.3. The summed E-state index contributed by atoms with van der Waals surface area (Å²) < 4.78 is 12.9. The Morgan fingerprint density at radius 2 is 2.00 bits per heavy atom. The van der Waals surface area contributed by atoms with Crippen LogP contribution in [0.1, 0.15) is 27.2 Å². The molecule has 1 N–H and O–H groups in total. The molecule has 0 fully saturated rings. The Balaban J connectivity index is 3.33. The van der Waals surface area contributed by atoms with E-state index in [0.717, 1.165) is 6.54 Å². The maximum atomic E-state index is 12.9. The standard InChI is InChI=1S/C7H16FN/c1-4-7(3,8)6-9-5-2/h9H,4-6H2,1-3H3. The monoisotopic (exact) mass is 133 g/mol. The van der Waals surface area contributed by atoms with Crippen LogP contribution in [-0.4, -0.2) is 18.8 Å². The van der Waals surface area contributed by atoms with Gasteiger partial charge in [0, 0.05) is 6.54 Å². The van der Waals surface area contributed by atoms with E-state index in [1.165, 1.54) is 0 Å². The number of alkyl halides is 1. The van der Waals surface area contributed by atoms with Crippen molar-refractivity contribution in [1.29, 1.82) is 0 Å². The maximum absolute atomic E-state index is 12.9. The summed E-state index contributed by atoms with van der Waals surface area (Å²) in [5.41, 5.74) is -1.02. The molecule has 1 nitrogen and oxygen atoms in total. The van der Waals surface area contributed by atoms with E-state index in [1.54, 1.807) is 6.92 Å². The third-order valence-corrected chi connectivity index (χ3v) is 1.48. The molecule has 0 saturated carbocycles. The fourth-order valence-corrected chi connectivity index (χ4v) is 0.511. The van der Waals surface area contributed by atoms with Crippen molar-refractivity contribution in [3.63, 3.8) is 0 Å². The molecule has 0 heterocycles. The number of rotatable bonds is 4. The summed E-state index contributed by atoms with van der Waals surface area (Å²) >= 11 is 0. The van der Waals surface area contributed by atoms with Crippen LogP contribution in [0.25, 0.3) is 0 Å². The largest absolute Gasteiger partial charge is 0.314 e. The predicted octanol–water partition coefficient (Wildman–Crippen LogP) is 1.73. The van der Waals surface area contributed by atoms with E-state index in [1.807, 2.05) is 13.8 Å². The van der Waals surface area contributed by atoms with Crippen LogP contribution in [0, 0.1) is 0 Å². The Bertz CT molecular complexity index is 71.3. The van der Waals surface area contributed by atoms with Gasteiger partial charge in [0.1, 0.15) is 5.67 Å². The Labute approximate surface area is 56.6 Å². The highest BCUT2D eigenvalue weighted by Gasteiger charge is 2.18. The highest BCUT2D eigenvalue weighted by Crippen LogP contribution is 2.12. The molecule has 0 aliphatic carbocycles. The van der Waals surface area contributed by atoms with Crippen molar-refractivity contribution in [2.75, 3.05) is 13.1 Å². The zero-order valence-electron chi connectivity index (χ0n) is 6.50. The van der Waals surface area contributed by atoms with E-state index in [-0.39, 0.29) is 0 Å². The van der Waals surface area contributed by atoms with E-state index in [9.17, 15) is 4.39 Å². The molecule has 0 rings (SSSR count). The van der Waals surface area contributed by atoms with Crippen LogP contribution in [0.2, 0.25) is 0 Å². The Morgan fingerprint density at radius 1 is 1.44 bits per heavy atom. The van der Waals surface area contributed by atoms with Gasteiger partial charge >= 0.3 is 0 Å². The molecule has 0 saturated heterocycles.